The first kappa shape index (κ1) is 96.6. The Labute approximate surface area is 724 Å². The third-order valence-corrected chi connectivity index (χ3v) is 22.4. The maximum Gasteiger partial charge on any atom is 0.0535 e. The SMILES string of the molecule is CC.CC.CC.CC.CC.CC.CC.CC(C)(C)N1CCc2ccccc21.CC(C)(C)N1c2ccccc2C2CCCCC21.CC(C)(C)N1c2ccccc2Cc2ccccc21.CC(C)(C)n1c2c(c3ccccc31)-c1ccccc1C2.CC(C)(C)n1c2c(c3ccccc31)Cc1ccccc1-2.CC(C)(C)n1c2ccccc2c2ccccc21. The highest BCUT2D eigenvalue weighted by Gasteiger charge is 2.44. The molecule has 6 heteroatoms. The number of hydrogen-bond donors (Lipinski definition) is 0. The van der Waals surface area contributed by atoms with Gasteiger partial charge in [0.15, 0.2) is 0 Å². The third-order valence-electron chi connectivity index (χ3n) is 22.4. The molecule has 0 spiro atoms. The van der Waals surface area contributed by atoms with Crippen molar-refractivity contribution in [2.45, 2.75) is 318 Å². The van der Waals surface area contributed by atoms with Crippen LogP contribution in [0.1, 0.15) is 298 Å². The van der Waals surface area contributed by atoms with Gasteiger partial charge in [0.05, 0.1) is 5.69 Å². The number of benzene rings is 10. The molecule has 3 aliphatic carbocycles. The van der Waals surface area contributed by atoms with Gasteiger partial charge in [0.1, 0.15) is 0 Å². The Kier molecular flexibility index (Phi) is 34.6. The Morgan fingerprint density at radius 2 is 0.647 bits per heavy atom. The number of fused-ring (bicyclic) bond motifs is 19. The van der Waals surface area contributed by atoms with Gasteiger partial charge in [-0.05, 0) is 237 Å². The van der Waals surface area contributed by atoms with Crippen LogP contribution in [0.4, 0.5) is 22.7 Å². The Morgan fingerprint density at radius 3 is 1.12 bits per heavy atom. The Balaban J connectivity index is 0.000000192. The van der Waals surface area contributed by atoms with E-state index in [0.717, 1.165) is 31.2 Å². The predicted octanol–water partition coefficient (Wildman–Crippen LogP) is 33.4. The van der Waals surface area contributed by atoms with E-state index in [9.17, 15) is 0 Å². The van der Waals surface area contributed by atoms with E-state index in [2.05, 4.69) is 396 Å². The fraction of sp³-hybridized carbons (Fsp3) is 0.434. The average Bonchev–Trinajstić information content (AvgIpc) is 1.58. The van der Waals surface area contributed by atoms with E-state index in [-0.39, 0.29) is 33.2 Å². The fourth-order valence-electron chi connectivity index (χ4n) is 18.5. The molecule has 6 heterocycles. The molecule has 0 saturated heterocycles. The summed E-state index contributed by atoms with van der Waals surface area (Å²) in [4.78, 5) is 7.63. The number of nitrogens with zero attached hydrogens (tertiary/aromatic N) is 6. The van der Waals surface area contributed by atoms with Gasteiger partial charge in [-0.1, -0.05) is 304 Å². The van der Waals surface area contributed by atoms with Crippen LogP contribution in [0.2, 0.25) is 0 Å². The quantitative estimate of drug-likeness (QED) is 0.151. The van der Waals surface area contributed by atoms with E-state index in [1.54, 1.807) is 5.56 Å². The molecular formula is C113H156N6. The van der Waals surface area contributed by atoms with Gasteiger partial charge in [0, 0.05) is 154 Å². The van der Waals surface area contributed by atoms with Crippen molar-refractivity contribution in [2.24, 2.45) is 0 Å². The van der Waals surface area contributed by atoms with Crippen LogP contribution in [0.15, 0.2) is 243 Å². The maximum absolute atomic E-state index is 2.69. The zero-order valence-electron chi connectivity index (χ0n) is 80.3. The average molecular weight is 1600 g/mol. The number of rotatable bonds is 0. The highest BCUT2D eigenvalue weighted by molar-refractivity contribution is 6.08. The summed E-state index contributed by atoms with van der Waals surface area (Å²) >= 11 is 0. The second-order valence-electron chi connectivity index (χ2n) is 36.1. The van der Waals surface area contributed by atoms with E-state index in [1.165, 1.54) is 166 Å². The summed E-state index contributed by atoms with van der Waals surface area (Å²) < 4.78 is 7.47. The number of para-hydroxylation sites is 8. The standard InChI is InChI=1S/2C19H19N.C17H19N.C16H23N.C16H17N.C12H17N.7C2H6/c1-19(2,3)20-17-11-7-6-10-15(17)16-12-13-8-4-5-9-14(13)18(16)20;1-19(2,3)20-16-11-7-6-10-15(16)18-14-9-5-4-8-13(14)12-17(18)20;1-17(2,3)18-15-10-6-4-8-13(15)12-14-9-5-7-11-16(14)18;2*1-16(2,3)17-14-10-6-4-8-12(14)13-9-5-7-11-15(13)17;1-12(2,3)13-9-8-10-6-4-5-7-11(10)13;7*1-2/h2*4-11H,12H2,1-3H3;4-11H,12H2,1-3H3;4,6,8,10,13,15H,5,7,9,11H2,1-3H3;4-11H,1-3H3;4-7H,8-9H2,1-3H3;7*1-2H3. The molecule has 13 aromatic rings. The smallest absolute Gasteiger partial charge is 0.0535 e. The lowest BCUT2D eigenvalue weighted by atomic mass is 9.82. The summed E-state index contributed by atoms with van der Waals surface area (Å²) in [5, 5.41) is 5.49. The molecule has 0 bridgehead atoms. The normalized spacial score (nSPS) is 14.5. The first-order valence-electron chi connectivity index (χ1n) is 46.1. The minimum absolute atomic E-state index is 0.0879. The van der Waals surface area contributed by atoms with E-state index < -0.39 is 0 Å². The van der Waals surface area contributed by atoms with Gasteiger partial charge in [-0.2, -0.15) is 0 Å². The van der Waals surface area contributed by atoms with Gasteiger partial charge < -0.3 is 28.4 Å². The van der Waals surface area contributed by atoms with E-state index >= 15 is 0 Å². The Hall–Kier alpha value is -9.52. The van der Waals surface area contributed by atoms with Gasteiger partial charge in [-0.3, -0.25) is 0 Å². The summed E-state index contributed by atoms with van der Waals surface area (Å²) in [5.74, 6) is 0.791. The van der Waals surface area contributed by atoms with Crippen molar-refractivity contribution in [1.82, 2.24) is 13.7 Å². The van der Waals surface area contributed by atoms with Crippen molar-refractivity contribution in [3.05, 3.63) is 287 Å². The Morgan fingerprint density at radius 1 is 0.277 bits per heavy atom. The molecule has 3 aromatic heterocycles. The van der Waals surface area contributed by atoms with Crippen molar-refractivity contribution in [1.29, 1.82) is 0 Å². The van der Waals surface area contributed by atoms with Gasteiger partial charge in [-0.25, -0.2) is 0 Å². The molecule has 2 atom stereocenters. The summed E-state index contributed by atoms with van der Waals surface area (Å²) in [6.07, 6.45) is 9.93. The number of aromatic nitrogens is 3. The zero-order valence-corrected chi connectivity index (χ0v) is 80.3. The van der Waals surface area contributed by atoms with Crippen molar-refractivity contribution < 1.29 is 0 Å². The highest BCUT2D eigenvalue weighted by atomic mass is 15.3. The fourth-order valence-corrected chi connectivity index (χ4v) is 18.5. The van der Waals surface area contributed by atoms with Crippen LogP contribution in [0, 0.1) is 0 Å². The topological polar surface area (TPSA) is 24.5 Å². The lowest BCUT2D eigenvalue weighted by Crippen LogP contribution is -2.48. The van der Waals surface area contributed by atoms with Crippen LogP contribution in [0.25, 0.3) is 66.0 Å². The summed E-state index contributed by atoms with van der Waals surface area (Å²) in [5.41, 5.74) is 29.4. The summed E-state index contributed by atoms with van der Waals surface area (Å²) in [6.45, 7) is 70.4. The highest BCUT2D eigenvalue weighted by Crippen LogP contribution is 2.52. The summed E-state index contributed by atoms with van der Waals surface area (Å²) in [7, 11) is 0. The molecule has 6 aliphatic rings. The molecule has 19 rings (SSSR count). The van der Waals surface area contributed by atoms with Crippen molar-refractivity contribution in [3.63, 3.8) is 0 Å². The maximum atomic E-state index is 2.69. The monoisotopic (exact) mass is 1600 g/mol. The molecular weight excluding hydrogens is 1440 g/mol. The molecule has 1 saturated carbocycles. The largest absolute Gasteiger partial charge is 0.366 e. The molecule has 2 unspecified atom stereocenters. The first-order chi connectivity index (χ1) is 57.0. The zero-order chi connectivity index (χ0) is 88.1. The molecule has 0 radical (unpaired) electrons. The molecule has 1 fully saturated rings. The molecule has 10 aromatic carbocycles. The number of anilines is 4. The predicted molar refractivity (Wildman–Crippen MR) is 533 cm³/mol. The van der Waals surface area contributed by atoms with Gasteiger partial charge in [-0.15, -0.1) is 0 Å². The van der Waals surface area contributed by atoms with Crippen LogP contribution in [-0.2, 0) is 42.3 Å². The first-order valence-corrected chi connectivity index (χ1v) is 46.1. The van der Waals surface area contributed by atoms with Crippen molar-refractivity contribution in [3.8, 4) is 22.4 Å². The molecule has 6 nitrogen and oxygen atoms in total. The van der Waals surface area contributed by atoms with Crippen LogP contribution in [0.3, 0.4) is 0 Å². The molecule has 119 heavy (non-hydrogen) atoms. The molecule has 638 valence electrons. The van der Waals surface area contributed by atoms with E-state index in [4.69, 9.17) is 0 Å². The van der Waals surface area contributed by atoms with Crippen molar-refractivity contribution >= 4 is 66.4 Å². The van der Waals surface area contributed by atoms with Gasteiger partial charge in [0.25, 0.3) is 0 Å². The second-order valence-corrected chi connectivity index (χ2v) is 36.1. The number of hydrogen-bond acceptors (Lipinski definition) is 3. The molecule has 0 N–H and O–H groups in total. The summed E-state index contributed by atoms with van der Waals surface area (Å²) in [6, 6.07) is 88.6. The van der Waals surface area contributed by atoms with Gasteiger partial charge in [0.2, 0.25) is 0 Å². The van der Waals surface area contributed by atoms with Crippen LogP contribution >= 0.6 is 0 Å². The second kappa shape index (κ2) is 42.6. The lowest BCUT2D eigenvalue weighted by Gasteiger charge is -2.42. The minimum Gasteiger partial charge on any atom is -0.366 e. The third kappa shape index (κ3) is 21.3. The van der Waals surface area contributed by atoms with E-state index in [0.29, 0.717) is 0 Å². The minimum atomic E-state index is 0.0879. The molecule has 3 aliphatic heterocycles. The molecule has 0 amide bonds. The van der Waals surface area contributed by atoms with Crippen LogP contribution in [0.5, 0.6) is 0 Å². The van der Waals surface area contributed by atoms with Crippen LogP contribution in [-0.4, -0.2) is 42.9 Å². The van der Waals surface area contributed by atoms with Crippen LogP contribution < -0.4 is 14.7 Å². The van der Waals surface area contributed by atoms with Crippen molar-refractivity contribution in [2.75, 3.05) is 21.2 Å². The van der Waals surface area contributed by atoms with Gasteiger partial charge >= 0.3 is 0 Å². The van der Waals surface area contributed by atoms with E-state index in [1.807, 2.05) is 96.9 Å². The lowest BCUT2D eigenvalue weighted by molar-refractivity contribution is 0.341. The Bertz CT molecular complexity index is 5190.